The Labute approximate surface area is 250 Å². The van der Waals surface area contributed by atoms with Gasteiger partial charge in [-0.05, 0) is 85.3 Å². The van der Waals surface area contributed by atoms with Crippen LogP contribution in [0.2, 0.25) is 0 Å². The Morgan fingerprint density at radius 3 is 2.23 bits per heavy atom. The number of fused-ring (bicyclic) bond motifs is 1. The second-order valence-electron chi connectivity index (χ2n) is 11.7. The number of piperazine rings is 1. The predicted molar refractivity (Wildman–Crippen MR) is 158 cm³/mol. The van der Waals surface area contributed by atoms with Gasteiger partial charge in [-0.3, -0.25) is 19.6 Å². The highest BCUT2D eigenvalue weighted by molar-refractivity contribution is 6.40. The fourth-order valence-corrected chi connectivity index (χ4v) is 6.22. The molecular weight excluding hydrogens is 555 g/mol. The van der Waals surface area contributed by atoms with Gasteiger partial charge in [0.25, 0.3) is 5.91 Å². The lowest BCUT2D eigenvalue weighted by molar-refractivity contribution is -0.274. The fourth-order valence-electron chi connectivity index (χ4n) is 6.22. The average Bonchev–Trinajstić information content (AvgIpc) is 3.43. The Bertz CT molecular complexity index is 1460. The molecule has 1 amide bonds. The van der Waals surface area contributed by atoms with Gasteiger partial charge in [-0.15, -0.1) is 13.2 Å². The molecule has 2 fully saturated rings. The smallest absolute Gasteiger partial charge is 0.406 e. The molecule has 0 unspecified atom stereocenters. The number of rotatable bonds is 7. The molecule has 6 rings (SSSR count). The summed E-state index contributed by atoms with van der Waals surface area (Å²) in [7, 11) is 0. The SMILES string of the molecule is Cc1ccc(CN2CCC(c3ccc4c(c3)CC(C(=O)N3CCN(Cc5ccc(OC(F)(F)F)cc5)CC3)=N4)CC2)cn1. The number of nitrogens with zero attached hydrogens (tertiary/aromatic N) is 5. The van der Waals surface area contributed by atoms with Crippen molar-refractivity contribution in [3.05, 3.63) is 88.7 Å². The summed E-state index contributed by atoms with van der Waals surface area (Å²) in [5.41, 5.74) is 7.16. The van der Waals surface area contributed by atoms with Crippen LogP contribution in [0.5, 0.6) is 5.75 Å². The molecule has 0 aliphatic carbocycles. The molecular formula is C33H36F3N5O2. The maximum absolute atomic E-state index is 13.3. The third-order valence-corrected chi connectivity index (χ3v) is 8.62. The Morgan fingerprint density at radius 2 is 1.56 bits per heavy atom. The van der Waals surface area contributed by atoms with E-state index in [9.17, 15) is 18.0 Å². The summed E-state index contributed by atoms with van der Waals surface area (Å²) < 4.78 is 41.2. The number of carbonyl (C=O) groups is 1. The number of hydrogen-bond acceptors (Lipinski definition) is 6. The molecule has 3 aromatic rings. The van der Waals surface area contributed by atoms with E-state index in [1.165, 1.54) is 23.3 Å². The molecule has 43 heavy (non-hydrogen) atoms. The lowest BCUT2D eigenvalue weighted by atomic mass is 9.88. The van der Waals surface area contributed by atoms with Crippen LogP contribution < -0.4 is 4.74 Å². The van der Waals surface area contributed by atoms with Gasteiger partial charge >= 0.3 is 6.36 Å². The van der Waals surface area contributed by atoms with Gasteiger partial charge in [-0.1, -0.05) is 30.3 Å². The molecule has 226 valence electrons. The average molecular weight is 592 g/mol. The van der Waals surface area contributed by atoms with Gasteiger partial charge in [0.2, 0.25) is 0 Å². The number of ether oxygens (including phenoxy) is 1. The van der Waals surface area contributed by atoms with Crippen molar-refractivity contribution in [2.75, 3.05) is 39.3 Å². The van der Waals surface area contributed by atoms with E-state index in [-0.39, 0.29) is 11.7 Å². The maximum Gasteiger partial charge on any atom is 0.573 e. The maximum atomic E-state index is 13.3. The topological polar surface area (TPSA) is 61.3 Å². The summed E-state index contributed by atoms with van der Waals surface area (Å²) in [6.45, 7) is 8.22. The molecule has 2 saturated heterocycles. The van der Waals surface area contributed by atoms with Crippen LogP contribution in [0.4, 0.5) is 18.9 Å². The number of aryl methyl sites for hydroxylation is 1. The molecule has 7 nitrogen and oxygen atoms in total. The van der Waals surface area contributed by atoms with Crippen LogP contribution in [0.1, 0.15) is 46.7 Å². The number of aromatic nitrogens is 1. The van der Waals surface area contributed by atoms with E-state index < -0.39 is 6.36 Å². The van der Waals surface area contributed by atoms with Gasteiger partial charge in [-0.2, -0.15) is 0 Å². The highest BCUT2D eigenvalue weighted by Crippen LogP contribution is 2.35. The monoisotopic (exact) mass is 591 g/mol. The van der Waals surface area contributed by atoms with E-state index in [0.29, 0.717) is 50.8 Å². The summed E-state index contributed by atoms with van der Waals surface area (Å²) in [6, 6.07) is 16.7. The molecule has 0 bridgehead atoms. The standard InChI is InChI=1S/C33H36F3N5O2/c1-23-2-3-25(20-37-23)22-39-12-10-26(11-13-39)27-6-9-30-28(18-27)19-31(38-30)32(42)41-16-14-40(15-17-41)21-24-4-7-29(8-5-24)43-33(34,35)36/h2-9,18,20,26H,10-17,19,21-22H2,1H3. The Hall–Kier alpha value is -3.76. The first kappa shape index (κ1) is 29.3. The Kier molecular flexibility index (Phi) is 8.50. The number of likely N-dealkylation sites (tertiary alicyclic amines) is 1. The van der Waals surface area contributed by atoms with Crippen LogP contribution >= 0.6 is 0 Å². The van der Waals surface area contributed by atoms with Crippen molar-refractivity contribution in [3.8, 4) is 5.75 Å². The van der Waals surface area contributed by atoms with Gasteiger partial charge in [0.15, 0.2) is 0 Å². The summed E-state index contributed by atoms with van der Waals surface area (Å²) >= 11 is 0. The van der Waals surface area contributed by atoms with Crippen molar-refractivity contribution in [1.29, 1.82) is 0 Å². The van der Waals surface area contributed by atoms with Crippen LogP contribution in [0, 0.1) is 6.92 Å². The number of alkyl halides is 3. The molecule has 0 N–H and O–H groups in total. The summed E-state index contributed by atoms with van der Waals surface area (Å²) in [5.74, 6) is 0.276. The van der Waals surface area contributed by atoms with Gasteiger partial charge in [0, 0.05) is 57.6 Å². The van der Waals surface area contributed by atoms with Crippen molar-refractivity contribution >= 4 is 17.3 Å². The van der Waals surface area contributed by atoms with Crippen molar-refractivity contribution < 1.29 is 22.7 Å². The number of pyridine rings is 1. The van der Waals surface area contributed by atoms with Crippen LogP contribution in [-0.4, -0.2) is 76.9 Å². The van der Waals surface area contributed by atoms with Crippen LogP contribution in [-0.2, 0) is 24.3 Å². The van der Waals surface area contributed by atoms with E-state index in [4.69, 9.17) is 4.99 Å². The van der Waals surface area contributed by atoms with Gasteiger partial charge in [0.1, 0.15) is 11.5 Å². The predicted octanol–water partition coefficient (Wildman–Crippen LogP) is 5.64. The molecule has 0 atom stereocenters. The first-order chi connectivity index (χ1) is 20.7. The van der Waals surface area contributed by atoms with Gasteiger partial charge in [0.05, 0.1) is 5.69 Å². The van der Waals surface area contributed by atoms with Crippen molar-refractivity contribution in [2.45, 2.75) is 51.6 Å². The number of amides is 1. The number of aliphatic imine (C=N–C) groups is 1. The largest absolute Gasteiger partial charge is 0.573 e. The van der Waals surface area contributed by atoms with Crippen molar-refractivity contribution in [2.24, 2.45) is 4.99 Å². The lowest BCUT2D eigenvalue weighted by Crippen LogP contribution is -2.50. The summed E-state index contributed by atoms with van der Waals surface area (Å²) in [5, 5.41) is 0. The zero-order valence-electron chi connectivity index (χ0n) is 24.3. The molecule has 4 heterocycles. The minimum absolute atomic E-state index is 0.00930. The van der Waals surface area contributed by atoms with E-state index in [0.717, 1.165) is 55.0 Å². The number of hydrogen-bond donors (Lipinski definition) is 0. The summed E-state index contributed by atoms with van der Waals surface area (Å²) in [6.07, 6.45) is 0.0641. The van der Waals surface area contributed by atoms with Crippen molar-refractivity contribution in [1.82, 2.24) is 19.7 Å². The Balaban J connectivity index is 0.967. The molecule has 10 heteroatoms. The second-order valence-corrected chi connectivity index (χ2v) is 11.7. The van der Waals surface area contributed by atoms with Crippen molar-refractivity contribution in [3.63, 3.8) is 0 Å². The molecule has 1 aromatic heterocycles. The first-order valence-electron chi connectivity index (χ1n) is 14.9. The number of halogens is 3. The molecule has 0 spiro atoms. The molecule has 3 aliphatic heterocycles. The minimum Gasteiger partial charge on any atom is -0.406 e. The second kappa shape index (κ2) is 12.5. The van der Waals surface area contributed by atoms with E-state index in [1.54, 1.807) is 12.1 Å². The highest BCUT2D eigenvalue weighted by Gasteiger charge is 2.31. The van der Waals surface area contributed by atoms with Crippen LogP contribution in [0.15, 0.2) is 65.8 Å². The normalized spacial score (nSPS) is 18.4. The van der Waals surface area contributed by atoms with E-state index >= 15 is 0 Å². The first-order valence-corrected chi connectivity index (χ1v) is 14.9. The zero-order chi connectivity index (χ0) is 30.0. The fraction of sp³-hybridized carbons (Fsp3) is 0.424. The zero-order valence-corrected chi connectivity index (χ0v) is 24.3. The number of piperidine rings is 1. The minimum atomic E-state index is -4.70. The Morgan fingerprint density at radius 1 is 0.884 bits per heavy atom. The third-order valence-electron chi connectivity index (χ3n) is 8.62. The van der Waals surface area contributed by atoms with Gasteiger partial charge < -0.3 is 9.64 Å². The van der Waals surface area contributed by atoms with Crippen LogP contribution in [0.3, 0.4) is 0 Å². The molecule has 0 saturated carbocycles. The number of benzene rings is 2. The quantitative estimate of drug-likeness (QED) is 0.356. The van der Waals surface area contributed by atoms with E-state index in [1.807, 2.05) is 18.0 Å². The molecule has 2 aromatic carbocycles. The lowest BCUT2D eigenvalue weighted by Gasteiger charge is -2.34. The molecule has 3 aliphatic rings. The number of carbonyl (C=O) groups excluding carboxylic acids is 1. The van der Waals surface area contributed by atoms with Crippen LogP contribution in [0.25, 0.3) is 0 Å². The highest BCUT2D eigenvalue weighted by atomic mass is 19.4. The van der Waals surface area contributed by atoms with Gasteiger partial charge in [-0.25, -0.2) is 4.99 Å². The summed E-state index contributed by atoms with van der Waals surface area (Å²) in [4.78, 5) is 29.0. The molecule has 0 radical (unpaired) electrons. The van der Waals surface area contributed by atoms with E-state index in [2.05, 4.69) is 49.9 Å². The third kappa shape index (κ3) is 7.43.